The lowest BCUT2D eigenvalue weighted by molar-refractivity contribution is 1.44. The molecule has 46 valence electrons. The van der Waals surface area contributed by atoms with Crippen LogP contribution in [0.4, 0.5) is 0 Å². The van der Waals surface area contributed by atoms with E-state index in [0.717, 1.165) is 0 Å². The Bertz CT molecular complexity index is 139. The fourth-order valence-electron chi connectivity index (χ4n) is 0.448. The molecular weight excluding hydrogens is 136 g/mol. The van der Waals surface area contributed by atoms with Crippen LogP contribution in [0.25, 0.3) is 0 Å². The number of rotatable bonds is 0. The number of hydrogen-bond donors (Lipinski definition) is 0. The van der Waals surface area contributed by atoms with Crippen LogP contribution in [0.2, 0.25) is 0 Å². The molecule has 0 aliphatic carbocycles. The maximum atomic E-state index is 2.14. The summed E-state index contributed by atoms with van der Waals surface area (Å²) in [5.41, 5.74) is 1.41. The fraction of sp³-hybridized carbons (Fsp3) is 0.333. The first-order chi connectivity index (χ1) is 3.30. The van der Waals surface area contributed by atoms with Crippen LogP contribution in [-0.4, -0.2) is 0 Å². The Morgan fingerprint density at radius 3 is 2.12 bits per heavy atom. The molecule has 0 amide bonds. The SMILES string of the molecule is Cc1ccsc1C.S. The first kappa shape index (κ1) is 8.05. The molecule has 1 heterocycles. The molecule has 0 unspecified atom stereocenters. The number of hydrogen-bond acceptors (Lipinski definition) is 1. The van der Waals surface area contributed by atoms with Gasteiger partial charge < -0.3 is 0 Å². The molecule has 1 aromatic heterocycles. The molecule has 0 nitrogen and oxygen atoms in total. The van der Waals surface area contributed by atoms with E-state index in [1.165, 1.54) is 10.4 Å². The molecule has 0 aliphatic heterocycles. The molecule has 0 fully saturated rings. The molecule has 1 rings (SSSR count). The first-order valence-electron chi connectivity index (χ1n) is 2.31. The van der Waals surface area contributed by atoms with Crippen molar-refractivity contribution in [1.82, 2.24) is 0 Å². The van der Waals surface area contributed by atoms with Crippen LogP contribution < -0.4 is 0 Å². The lowest BCUT2D eigenvalue weighted by Gasteiger charge is -1.79. The standard InChI is InChI=1S/C6H8S.H2S/c1-5-3-4-7-6(5)2;/h3-4H,1-2H3;1H2. The average molecular weight is 146 g/mol. The minimum absolute atomic E-state index is 0. The Balaban J connectivity index is 0.000000490. The molecule has 2 heteroatoms. The van der Waals surface area contributed by atoms with E-state index in [2.05, 4.69) is 25.3 Å². The van der Waals surface area contributed by atoms with Gasteiger partial charge in [-0.3, -0.25) is 0 Å². The summed E-state index contributed by atoms with van der Waals surface area (Å²) in [6.45, 7) is 4.27. The van der Waals surface area contributed by atoms with Crippen molar-refractivity contribution in [3.8, 4) is 0 Å². The van der Waals surface area contributed by atoms with Crippen molar-refractivity contribution in [1.29, 1.82) is 0 Å². The van der Waals surface area contributed by atoms with Gasteiger partial charge in [-0.2, -0.15) is 13.5 Å². The normalized spacial score (nSPS) is 8.25. The van der Waals surface area contributed by atoms with E-state index < -0.39 is 0 Å². The topological polar surface area (TPSA) is 0 Å². The molecule has 0 atom stereocenters. The second kappa shape index (κ2) is 3.15. The van der Waals surface area contributed by atoms with E-state index in [0.29, 0.717) is 0 Å². The largest absolute Gasteiger partial charge is 0.197 e. The quantitative estimate of drug-likeness (QED) is 0.527. The molecular formula is C6H10S2. The summed E-state index contributed by atoms with van der Waals surface area (Å²) < 4.78 is 0. The molecule has 0 radical (unpaired) electrons. The lowest BCUT2D eigenvalue weighted by atomic mass is 10.3. The van der Waals surface area contributed by atoms with Crippen LogP contribution in [0.5, 0.6) is 0 Å². The Kier molecular flexibility index (Phi) is 3.17. The second-order valence-electron chi connectivity index (χ2n) is 1.66. The molecule has 8 heavy (non-hydrogen) atoms. The first-order valence-corrected chi connectivity index (χ1v) is 3.19. The van der Waals surface area contributed by atoms with E-state index in [1.54, 1.807) is 11.3 Å². The maximum absolute atomic E-state index is 2.14. The number of thiophene rings is 1. The van der Waals surface area contributed by atoms with E-state index >= 15 is 0 Å². The van der Waals surface area contributed by atoms with Crippen LogP contribution in [0, 0.1) is 13.8 Å². The Morgan fingerprint density at radius 2 is 2.00 bits per heavy atom. The van der Waals surface area contributed by atoms with Crippen LogP contribution in [-0.2, 0) is 0 Å². The van der Waals surface area contributed by atoms with Crippen molar-refractivity contribution in [2.45, 2.75) is 13.8 Å². The molecule has 0 bridgehead atoms. The summed E-state index contributed by atoms with van der Waals surface area (Å²) in [4.78, 5) is 1.43. The van der Waals surface area contributed by atoms with Crippen LogP contribution >= 0.6 is 24.8 Å². The third-order valence-electron chi connectivity index (χ3n) is 1.12. The van der Waals surface area contributed by atoms with Gasteiger partial charge in [0.05, 0.1) is 0 Å². The fourth-order valence-corrected chi connectivity index (χ4v) is 1.18. The Labute approximate surface area is 61.0 Å². The predicted molar refractivity (Wildman–Crippen MR) is 44.2 cm³/mol. The third-order valence-corrected chi connectivity index (χ3v) is 2.07. The van der Waals surface area contributed by atoms with Gasteiger partial charge in [0.2, 0.25) is 0 Å². The van der Waals surface area contributed by atoms with E-state index in [-0.39, 0.29) is 13.5 Å². The highest BCUT2D eigenvalue weighted by Gasteiger charge is 1.87. The van der Waals surface area contributed by atoms with Crippen LogP contribution in [0.1, 0.15) is 10.4 Å². The Hall–Kier alpha value is 0.0500. The highest BCUT2D eigenvalue weighted by molar-refractivity contribution is 7.59. The van der Waals surface area contributed by atoms with E-state index in [1.807, 2.05) is 0 Å². The van der Waals surface area contributed by atoms with E-state index in [4.69, 9.17) is 0 Å². The molecule has 0 aromatic carbocycles. The van der Waals surface area contributed by atoms with E-state index in [9.17, 15) is 0 Å². The molecule has 0 N–H and O–H groups in total. The van der Waals surface area contributed by atoms with Crippen molar-refractivity contribution in [2.75, 3.05) is 0 Å². The van der Waals surface area contributed by atoms with Crippen molar-refractivity contribution < 1.29 is 0 Å². The monoisotopic (exact) mass is 146 g/mol. The zero-order valence-electron chi connectivity index (χ0n) is 5.06. The minimum atomic E-state index is 0. The zero-order chi connectivity index (χ0) is 5.28. The lowest BCUT2D eigenvalue weighted by Crippen LogP contribution is -1.61. The minimum Gasteiger partial charge on any atom is -0.197 e. The van der Waals surface area contributed by atoms with Gasteiger partial charge >= 0.3 is 0 Å². The third kappa shape index (κ3) is 1.53. The molecule has 0 saturated heterocycles. The summed E-state index contributed by atoms with van der Waals surface area (Å²) in [5, 5.41) is 2.12. The van der Waals surface area contributed by atoms with Gasteiger partial charge in [-0.05, 0) is 30.9 Å². The van der Waals surface area contributed by atoms with Gasteiger partial charge in [-0.25, -0.2) is 0 Å². The summed E-state index contributed by atoms with van der Waals surface area (Å²) >= 11 is 1.80. The predicted octanol–water partition coefficient (Wildman–Crippen LogP) is 2.48. The summed E-state index contributed by atoms with van der Waals surface area (Å²) in [5.74, 6) is 0. The zero-order valence-corrected chi connectivity index (χ0v) is 6.88. The van der Waals surface area contributed by atoms with Gasteiger partial charge in [0, 0.05) is 4.88 Å². The highest BCUT2D eigenvalue weighted by atomic mass is 32.1. The van der Waals surface area contributed by atoms with Crippen molar-refractivity contribution in [2.24, 2.45) is 0 Å². The Morgan fingerprint density at radius 1 is 1.38 bits per heavy atom. The number of aryl methyl sites for hydroxylation is 2. The smallest absolute Gasteiger partial charge is 0.00433 e. The highest BCUT2D eigenvalue weighted by Crippen LogP contribution is 2.12. The molecule has 0 aliphatic rings. The molecule has 0 saturated carbocycles. The van der Waals surface area contributed by atoms with Gasteiger partial charge in [-0.1, -0.05) is 0 Å². The summed E-state index contributed by atoms with van der Waals surface area (Å²) in [7, 11) is 0. The van der Waals surface area contributed by atoms with Gasteiger partial charge in [0.15, 0.2) is 0 Å². The molecule has 0 spiro atoms. The van der Waals surface area contributed by atoms with Gasteiger partial charge in [0.25, 0.3) is 0 Å². The van der Waals surface area contributed by atoms with Gasteiger partial charge in [-0.15, -0.1) is 11.3 Å². The van der Waals surface area contributed by atoms with Crippen molar-refractivity contribution in [3.05, 3.63) is 21.9 Å². The van der Waals surface area contributed by atoms with Crippen LogP contribution in [0.15, 0.2) is 11.4 Å². The molecule has 1 aromatic rings. The summed E-state index contributed by atoms with van der Waals surface area (Å²) in [6.07, 6.45) is 0. The maximum Gasteiger partial charge on any atom is 0.00433 e. The summed E-state index contributed by atoms with van der Waals surface area (Å²) in [6, 6.07) is 2.14. The van der Waals surface area contributed by atoms with Crippen molar-refractivity contribution in [3.63, 3.8) is 0 Å². The van der Waals surface area contributed by atoms with Gasteiger partial charge in [0.1, 0.15) is 0 Å². The second-order valence-corrected chi connectivity index (χ2v) is 2.78. The van der Waals surface area contributed by atoms with Crippen molar-refractivity contribution >= 4 is 24.8 Å². The van der Waals surface area contributed by atoms with Crippen LogP contribution in [0.3, 0.4) is 0 Å². The average Bonchev–Trinajstić information content (AvgIpc) is 1.91.